The Bertz CT molecular complexity index is 920. The maximum Gasteiger partial charge on any atom is 0.434 e. The van der Waals surface area contributed by atoms with Crippen molar-refractivity contribution in [2.75, 3.05) is 44.2 Å². The number of carbonyl (C=O) groups is 1. The Labute approximate surface area is 206 Å². The first-order valence-electron chi connectivity index (χ1n) is 11.4. The lowest BCUT2D eigenvalue weighted by Gasteiger charge is -2.39. The summed E-state index contributed by atoms with van der Waals surface area (Å²) in [6.07, 6.45) is -22.6. The van der Waals surface area contributed by atoms with Gasteiger partial charge in [-0.2, -0.15) is 39.5 Å². The smallest absolute Gasteiger partial charge is 0.426 e. The molecule has 0 aromatic heterocycles. The average Bonchev–Trinajstić information content (AvgIpc) is 2.75. The van der Waals surface area contributed by atoms with Crippen LogP contribution in [0.15, 0.2) is 18.2 Å². The molecule has 6 nitrogen and oxygen atoms in total. The standard InChI is InChI=1S/C22H26F9N3O3/c1-13-10-34(11-14(2)36-13)17-9-16(20(23,24)25)4-3-15(17)12-32-5-7-33(8-6-32)19(35)37-18(21(26,27)28)22(29,30)31/h3-4,9,13-14,18H,5-8,10-12H2,1-2H3. The van der Waals surface area contributed by atoms with Gasteiger partial charge >= 0.3 is 24.6 Å². The Kier molecular flexibility index (Phi) is 8.47. The highest BCUT2D eigenvalue weighted by molar-refractivity contribution is 5.68. The lowest BCUT2D eigenvalue weighted by atomic mass is 10.0. The van der Waals surface area contributed by atoms with Gasteiger partial charge < -0.3 is 19.3 Å². The second-order valence-corrected chi connectivity index (χ2v) is 9.11. The van der Waals surface area contributed by atoms with E-state index < -0.39 is 36.3 Å². The molecule has 37 heavy (non-hydrogen) atoms. The van der Waals surface area contributed by atoms with Crippen molar-refractivity contribution in [3.8, 4) is 0 Å². The molecule has 0 radical (unpaired) electrons. The number of piperazine rings is 1. The summed E-state index contributed by atoms with van der Waals surface area (Å²) >= 11 is 0. The van der Waals surface area contributed by atoms with Crippen LogP contribution in [0.3, 0.4) is 0 Å². The summed E-state index contributed by atoms with van der Waals surface area (Å²) in [5.74, 6) is 0. The summed E-state index contributed by atoms with van der Waals surface area (Å²) in [6.45, 7) is 4.17. The molecule has 0 saturated carbocycles. The number of hydrogen-bond donors (Lipinski definition) is 0. The van der Waals surface area contributed by atoms with Gasteiger partial charge in [0.1, 0.15) is 0 Å². The highest BCUT2D eigenvalue weighted by atomic mass is 19.4. The lowest BCUT2D eigenvalue weighted by Crippen LogP contribution is -2.52. The summed E-state index contributed by atoms with van der Waals surface area (Å²) in [5, 5.41) is 0. The van der Waals surface area contributed by atoms with Gasteiger partial charge in [-0.3, -0.25) is 4.90 Å². The maximum atomic E-state index is 13.4. The molecule has 2 saturated heterocycles. The molecule has 0 aliphatic carbocycles. The van der Waals surface area contributed by atoms with Crippen LogP contribution < -0.4 is 4.90 Å². The average molecular weight is 551 g/mol. The highest BCUT2D eigenvalue weighted by Gasteiger charge is 2.60. The number of hydrogen-bond acceptors (Lipinski definition) is 5. The predicted octanol–water partition coefficient (Wildman–Crippen LogP) is 5.07. The third-order valence-electron chi connectivity index (χ3n) is 6.01. The minimum atomic E-state index is -5.82. The van der Waals surface area contributed by atoms with Crippen molar-refractivity contribution < 1.29 is 53.8 Å². The van der Waals surface area contributed by atoms with Crippen molar-refractivity contribution >= 4 is 11.8 Å². The van der Waals surface area contributed by atoms with E-state index in [0.717, 1.165) is 17.0 Å². The third-order valence-corrected chi connectivity index (χ3v) is 6.01. The van der Waals surface area contributed by atoms with Crippen molar-refractivity contribution in [1.29, 1.82) is 0 Å². The SMILES string of the molecule is CC1CN(c2cc(C(F)(F)F)ccc2CN2CCN(C(=O)OC(C(F)(F)F)C(F)(F)F)CC2)CC(C)O1. The first-order chi connectivity index (χ1) is 16.9. The normalized spacial score (nSPS) is 22.5. The molecule has 3 rings (SSSR count). The molecule has 15 heteroatoms. The monoisotopic (exact) mass is 551 g/mol. The van der Waals surface area contributed by atoms with E-state index in [2.05, 4.69) is 4.74 Å². The molecular weight excluding hydrogens is 525 g/mol. The van der Waals surface area contributed by atoms with Crippen molar-refractivity contribution in [2.45, 2.75) is 57.2 Å². The Morgan fingerprint density at radius 2 is 1.49 bits per heavy atom. The molecule has 210 valence electrons. The molecule has 1 aromatic rings. The second-order valence-electron chi connectivity index (χ2n) is 9.11. The van der Waals surface area contributed by atoms with Crippen LogP contribution in [-0.2, 0) is 22.2 Å². The lowest BCUT2D eigenvalue weighted by molar-refractivity contribution is -0.308. The van der Waals surface area contributed by atoms with Crippen molar-refractivity contribution in [3.63, 3.8) is 0 Å². The van der Waals surface area contributed by atoms with Gasteiger partial charge in [0.05, 0.1) is 17.8 Å². The summed E-state index contributed by atoms with van der Waals surface area (Å²) < 4.78 is 126. The van der Waals surface area contributed by atoms with Gasteiger partial charge in [0.2, 0.25) is 0 Å². The molecular formula is C22H26F9N3O3. The van der Waals surface area contributed by atoms with Crippen LogP contribution in [0, 0.1) is 0 Å². The molecule has 2 aliphatic rings. The molecule has 2 fully saturated rings. The van der Waals surface area contributed by atoms with E-state index >= 15 is 0 Å². The number of rotatable bonds is 4. The quantitative estimate of drug-likeness (QED) is 0.490. The van der Waals surface area contributed by atoms with E-state index in [-0.39, 0.29) is 44.9 Å². The number of anilines is 1. The second kappa shape index (κ2) is 10.8. The fourth-order valence-electron chi connectivity index (χ4n) is 4.37. The van der Waals surface area contributed by atoms with Gasteiger partial charge in [-0.15, -0.1) is 0 Å². The van der Waals surface area contributed by atoms with E-state index in [1.165, 1.54) is 6.07 Å². The summed E-state index contributed by atoms with van der Waals surface area (Å²) in [4.78, 5) is 16.3. The number of halogens is 9. The molecule has 1 aromatic carbocycles. The van der Waals surface area contributed by atoms with Crippen LogP contribution in [0.1, 0.15) is 25.0 Å². The van der Waals surface area contributed by atoms with Gasteiger partial charge in [0.15, 0.2) is 0 Å². The molecule has 2 atom stereocenters. The largest absolute Gasteiger partial charge is 0.434 e. The zero-order valence-corrected chi connectivity index (χ0v) is 19.9. The summed E-state index contributed by atoms with van der Waals surface area (Å²) in [5.41, 5.74) is 0.0888. The van der Waals surface area contributed by atoms with Crippen LogP contribution >= 0.6 is 0 Å². The number of nitrogens with zero attached hydrogens (tertiary/aromatic N) is 3. The van der Waals surface area contributed by atoms with Crippen LogP contribution in [-0.4, -0.2) is 85.8 Å². The van der Waals surface area contributed by atoms with E-state index in [1.807, 2.05) is 0 Å². The van der Waals surface area contributed by atoms with Crippen LogP contribution in [0.5, 0.6) is 0 Å². The zero-order chi connectivity index (χ0) is 27.8. The Morgan fingerprint density at radius 1 is 0.946 bits per heavy atom. The molecule has 0 bridgehead atoms. The number of morpholine rings is 1. The Hall–Kier alpha value is -2.42. The van der Waals surface area contributed by atoms with Crippen molar-refractivity contribution in [2.24, 2.45) is 0 Å². The number of carbonyl (C=O) groups excluding carboxylic acids is 1. The first kappa shape index (κ1) is 29.1. The minimum absolute atomic E-state index is 0.0637. The summed E-state index contributed by atoms with van der Waals surface area (Å²) in [7, 11) is 0. The van der Waals surface area contributed by atoms with E-state index in [1.54, 1.807) is 23.6 Å². The number of alkyl halides is 9. The topological polar surface area (TPSA) is 45.2 Å². The predicted molar refractivity (Wildman–Crippen MR) is 113 cm³/mol. The maximum absolute atomic E-state index is 13.4. The van der Waals surface area contributed by atoms with E-state index in [4.69, 9.17) is 4.74 Å². The van der Waals surface area contributed by atoms with Crippen LogP contribution in [0.25, 0.3) is 0 Å². The van der Waals surface area contributed by atoms with Gasteiger partial charge in [-0.1, -0.05) is 6.07 Å². The highest BCUT2D eigenvalue weighted by Crippen LogP contribution is 2.37. The number of ether oxygens (including phenoxy) is 2. The van der Waals surface area contributed by atoms with E-state index in [9.17, 15) is 44.3 Å². The summed E-state index contributed by atoms with van der Waals surface area (Å²) in [6, 6.07) is 3.36. The van der Waals surface area contributed by atoms with Crippen molar-refractivity contribution in [3.05, 3.63) is 29.3 Å². The van der Waals surface area contributed by atoms with E-state index in [0.29, 0.717) is 24.3 Å². The fraction of sp³-hybridized carbons (Fsp3) is 0.682. The molecule has 2 unspecified atom stereocenters. The van der Waals surface area contributed by atoms with Crippen LogP contribution in [0.4, 0.5) is 50.0 Å². The molecule has 0 spiro atoms. The minimum Gasteiger partial charge on any atom is -0.426 e. The van der Waals surface area contributed by atoms with Crippen LogP contribution in [0.2, 0.25) is 0 Å². The Morgan fingerprint density at radius 3 is 1.97 bits per heavy atom. The number of benzene rings is 1. The van der Waals surface area contributed by atoms with Gasteiger partial charge in [0.25, 0.3) is 6.10 Å². The number of amides is 1. The molecule has 1 amide bonds. The molecule has 0 N–H and O–H groups in total. The van der Waals surface area contributed by atoms with Gasteiger partial charge in [-0.05, 0) is 31.5 Å². The first-order valence-corrected chi connectivity index (χ1v) is 11.4. The molecule has 2 heterocycles. The third kappa shape index (κ3) is 7.55. The Balaban J connectivity index is 1.70. The fourth-order valence-corrected chi connectivity index (χ4v) is 4.37. The van der Waals surface area contributed by atoms with Gasteiger partial charge in [0, 0.05) is 51.5 Å². The zero-order valence-electron chi connectivity index (χ0n) is 19.9. The molecule has 2 aliphatic heterocycles. The van der Waals surface area contributed by atoms with Crippen molar-refractivity contribution in [1.82, 2.24) is 9.80 Å². The van der Waals surface area contributed by atoms with Gasteiger partial charge in [-0.25, -0.2) is 4.79 Å².